The van der Waals surface area contributed by atoms with Gasteiger partial charge in [0, 0.05) is 11.8 Å². The Morgan fingerprint density at radius 3 is 2.58 bits per heavy atom. The van der Waals surface area contributed by atoms with Gasteiger partial charge in [0.2, 0.25) is 0 Å². The van der Waals surface area contributed by atoms with Crippen molar-refractivity contribution in [3.63, 3.8) is 0 Å². The maximum absolute atomic E-state index is 9.18. The van der Waals surface area contributed by atoms with Gasteiger partial charge in [0.05, 0.1) is 5.69 Å². The summed E-state index contributed by atoms with van der Waals surface area (Å²) in [6.45, 7) is 5.84. The fraction of sp³-hybridized carbons (Fsp3) is 0.300. The van der Waals surface area contributed by atoms with E-state index in [2.05, 4.69) is 4.99 Å². The zero-order chi connectivity index (χ0) is 9.14. The number of aryl methyl sites for hydroxylation is 1. The first kappa shape index (κ1) is 8.78. The normalized spacial score (nSPS) is 9.58. The maximum atomic E-state index is 9.18. The third kappa shape index (κ3) is 2.09. The van der Waals surface area contributed by atoms with E-state index in [1.165, 1.54) is 0 Å². The second-order valence-electron chi connectivity index (χ2n) is 3.03. The van der Waals surface area contributed by atoms with E-state index in [0.29, 0.717) is 0 Å². The summed E-state index contributed by atoms with van der Waals surface area (Å²) >= 11 is 0. The predicted octanol–water partition coefficient (Wildman–Crippen LogP) is 2.81. The predicted molar refractivity (Wildman–Crippen MR) is 51.3 cm³/mol. The van der Waals surface area contributed by atoms with Crippen molar-refractivity contribution in [1.82, 2.24) is 0 Å². The van der Waals surface area contributed by atoms with Crippen LogP contribution in [0, 0.1) is 6.92 Å². The van der Waals surface area contributed by atoms with Crippen molar-refractivity contribution in [3.8, 4) is 5.75 Å². The number of hydrogen-bond donors (Lipinski definition) is 1. The summed E-state index contributed by atoms with van der Waals surface area (Å²) < 4.78 is 0. The second kappa shape index (κ2) is 3.39. The van der Waals surface area contributed by atoms with Gasteiger partial charge in [-0.15, -0.1) is 0 Å². The lowest BCUT2D eigenvalue weighted by molar-refractivity contribution is 0.475. The fourth-order valence-corrected chi connectivity index (χ4v) is 0.959. The van der Waals surface area contributed by atoms with Crippen molar-refractivity contribution >= 4 is 11.4 Å². The molecule has 2 nitrogen and oxygen atoms in total. The minimum Gasteiger partial charge on any atom is -0.508 e. The molecule has 0 aliphatic heterocycles. The Morgan fingerprint density at radius 2 is 2.00 bits per heavy atom. The molecule has 0 aliphatic rings. The number of phenolic OH excluding ortho intramolecular Hbond substituents is 1. The van der Waals surface area contributed by atoms with Crippen molar-refractivity contribution in [2.75, 3.05) is 0 Å². The highest BCUT2D eigenvalue weighted by molar-refractivity contribution is 5.82. The number of nitrogens with zero attached hydrogens (tertiary/aromatic N) is 1. The Labute approximate surface area is 72.6 Å². The molecule has 0 saturated carbocycles. The molecule has 64 valence electrons. The van der Waals surface area contributed by atoms with Crippen LogP contribution in [0.2, 0.25) is 0 Å². The molecule has 0 unspecified atom stereocenters. The smallest absolute Gasteiger partial charge is 0.117 e. The molecule has 0 bridgehead atoms. The molecule has 0 aliphatic carbocycles. The molecular formula is C10H13NO. The summed E-state index contributed by atoms with van der Waals surface area (Å²) in [7, 11) is 0. The third-order valence-electron chi connectivity index (χ3n) is 1.54. The Balaban J connectivity index is 3.14. The first-order valence-electron chi connectivity index (χ1n) is 3.91. The Hall–Kier alpha value is -1.31. The highest BCUT2D eigenvalue weighted by atomic mass is 16.3. The van der Waals surface area contributed by atoms with Crippen LogP contribution in [-0.4, -0.2) is 10.8 Å². The lowest BCUT2D eigenvalue weighted by atomic mass is 10.2. The van der Waals surface area contributed by atoms with Crippen LogP contribution in [0.15, 0.2) is 23.2 Å². The van der Waals surface area contributed by atoms with Crippen molar-refractivity contribution in [1.29, 1.82) is 0 Å². The molecular weight excluding hydrogens is 150 g/mol. The van der Waals surface area contributed by atoms with Gasteiger partial charge in [0.15, 0.2) is 0 Å². The number of aromatic hydroxyl groups is 1. The summed E-state index contributed by atoms with van der Waals surface area (Å²) in [5.41, 5.74) is 2.91. The first-order chi connectivity index (χ1) is 5.59. The standard InChI is InChI=1S/C10H13NO/c1-7(2)11-10-6-9(12)5-4-8(10)3/h4-6,12H,1-3H3. The van der Waals surface area contributed by atoms with Crippen molar-refractivity contribution in [3.05, 3.63) is 23.8 Å². The van der Waals surface area contributed by atoms with E-state index in [9.17, 15) is 5.11 Å². The molecule has 1 aromatic carbocycles. The molecule has 0 saturated heterocycles. The lowest BCUT2D eigenvalue weighted by Gasteiger charge is -2.00. The van der Waals surface area contributed by atoms with Crippen LogP contribution >= 0.6 is 0 Å². The minimum atomic E-state index is 0.264. The van der Waals surface area contributed by atoms with Crippen LogP contribution in [0.1, 0.15) is 19.4 Å². The van der Waals surface area contributed by atoms with Gasteiger partial charge in [-0.1, -0.05) is 6.07 Å². The zero-order valence-electron chi connectivity index (χ0n) is 7.63. The van der Waals surface area contributed by atoms with Crippen LogP contribution in [0.25, 0.3) is 0 Å². The number of phenols is 1. The maximum Gasteiger partial charge on any atom is 0.117 e. The highest BCUT2D eigenvalue weighted by Crippen LogP contribution is 2.23. The third-order valence-corrected chi connectivity index (χ3v) is 1.54. The van der Waals surface area contributed by atoms with Gasteiger partial charge in [-0.2, -0.15) is 0 Å². The Kier molecular flexibility index (Phi) is 2.48. The summed E-state index contributed by atoms with van der Waals surface area (Å²) in [5, 5.41) is 9.18. The van der Waals surface area contributed by atoms with Gasteiger partial charge in [-0.05, 0) is 32.4 Å². The molecule has 0 amide bonds. The summed E-state index contributed by atoms with van der Waals surface area (Å²) in [6.07, 6.45) is 0. The SMILES string of the molecule is CC(C)=Nc1cc(O)ccc1C. The van der Waals surface area contributed by atoms with Crippen LogP contribution in [0.5, 0.6) is 5.75 Å². The molecule has 0 radical (unpaired) electrons. The van der Waals surface area contributed by atoms with E-state index < -0.39 is 0 Å². The molecule has 0 atom stereocenters. The van der Waals surface area contributed by atoms with Crippen molar-refractivity contribution in [2.45, 2.75) is 20.8 Å². The Morgan fingerprint density at radius 1 is 1.33 bits per heavy atom. The second-order valence-corrected chi connectivity index (χ2v) is 3.03. The lowest BCUT2D eigenvalue weighted by Crippen LogP contribution is -1.80. The highest BCUT2D eigenvalue weighted by Gasteiger charge is 1.96. The number of hydrogen-bond acceptors (Lipinski definition) is 2. The van der Waals surface area contributed by atoms with Gasteiger partial charge in [-0.3, -0.25) is 4.99 Å². The van der Waals surface area contributed by atoms with E-state index in [4.69, 9.17) is 0 Å². The van der Waals surface area contributed by atoms with Crippen LogP contribution < -0.4 is 0 Å². The molecule has 0 fully saturated rings. The summed E-state index contributed by atoms with van der Waals surface area (Å²) in [5.74, 6) is 0.264. The van der Waals surface area contributed by atoms with E-state index >= 15 is 0 Å². The summed E-state index contributed by atoms with van der Waals surface area (Å²) in [6, 6.07) is 5.19. The topological polar surface area (TPSA) is 32.6 Å². The van der Waals surface area contributed by atoms with Gasteiger partial charge >= 0.3 is 0 Å². The molecule has 1 rings (SSSR count). The molecule has 1 N–H and O–H groups in total. The van der Waals surface area contributed by atoms with Gasteiger partial charge in [-0.25, -0.2) is 0 Å². The van der Waals surface area contributed by atoms with Gasteiger partial charge in [0.25, 0.3) is 0 Å². The van der Waals surface area contributed by atoms with E-state index in [0.717, 1.165) is 17.0 Å². The number of benzene rings is 1. The Bertz CT molecular complexity index is 312. The zero-order valence-corrected chi connectivity index (χ0v) is 7.63. The largest absolute Gasteiger partial charge is 0.508 e. The molecule has 0 spiro atoms. The average molecular weight is 163 g/mol. The van der Waals surface area contributed by atoms with E-state index in [1.807, 2.05) is 26.8 Å². The average Bonchev–Trinajstić information content (AvgIpc) is 1.96. The fourth-order valence-electron chi connectivity index (χ4n) is 0.959. The van der Waals surface area contributed by atoms with Crippen molar-refractivity contribution in [2.24, 2.45) is 4.99 Å². The monoisotopic (exact) mass is 163 g/mol. The van der Waals surface area contributed by atoms with Crippen LogP contribution in [-0.2, 0) is 0 Å². The summed E-state index contributed by atoms with van der Waals surface area (Å²) in [4.78, 5) is 4.28. The molecule has 12 heavy (non-hydrogen) atoms. The minimum absolute atomic E-state index is 0.264. The first-order valence-corrected chi connectivity index (χ1v) is 3.91. The van der Waals surface area contributed by atoms with E-state index in [-0.39, 0.29) is 5.75 Å². The van der Waals surface area contributed by atoms with E-state index in [1.54, 1.807) is 12.1 Å². The number of aliphatic imine (C=N–C) groups is 1. The molecule has 1 aromatic rings. The number of rotatable bonds is 1. The molecule has 0 aromatic heterocycles. The van der Waals surface area contributed by atoms with Gasteiger partial charge in [0.1, 0.15) is 5.75 Å². The van der Waals surface area contributed by atoms with Crippen molar-refractivity contribution < 1.29 is 5.11 Å². The molecule has 0 heterocycles. The molecule has 2 heteroatoms. The van der Waals surface area contributed by atoms with Gasteiger partial charge < -0.3 is 5.11 Å². The van der Waals surface area contributed by atoms with Crippen LogP contribution in [0.4, 0.5) is 5.69 Å². The van der Waals surface area contributed by atoms with Crippen LogP contribution in [0.3, 0.4) is 0 Å². The quantitative estimate of drug-likeness (QED) is 0.634.